The van der Waals surface area contributed by atoms with Crippen LogP contribution in [0.3, 0.4) is 0 Å². The third-order valence-electron chi connectivity index (χ3n) is 3.23. The highest BCUT2D eigenvalue weighted by atomic mass is 14.7. The highest BCUT2D eigenvalue weighted by Gasteiger charge is 2.03. The van der Waals surface area contributed by atoms with Crippen molar-refractivity contribution in [2.45, 2.75) is 13.8 Å². The zero-order chi connectivity index (χ0) is 12.5. The van der Waals surface area contributed by atoms with Crippen molar-refractivity contribution in [3.05, 3.63) is 59.9 Å². The molecule has 0 saturated heterocycles. The molecule has 2 heterocycles. The first-order valence-electron chi connectivity index (χ1n) is 6.03. The molecule has 0 aliphatic heterocycles. The molecule has 0 spiro atoms. The van der Waals surface area contributed by atoms with Gasteiger partial charge in [0.15, 0.2) is 0 Å². The zero-order valence-corrected chi connectivity index (χ0v) is 11.2. The average molecular weight is 251 g/mol. The Morgan fingerprint density at radius 1 is 0.947 bits per heavy atom. The molecule has 0 atom stereocenters. The van der Waals surface area contributed by atoms with Crippen LogP contribution in [0.1, 0.15) is 11.3 Å². The molecule has 3 aromatic rings. The maximum absolute atomic E-state index is 4.68. The summed E-state index contributed by atoms with van der Waals surface area (Å²) in [6.45, 7) is 4.10. The van der Waals surface area contributed by atoms with Gasteiger partial charge in [0.2, 0.25) is 0 Å². The minimum absolute atomic E-state index is 0. The van der Waals surface area contributed by atoms with Crippen LogP contribution in [0.25, 0.3) is 22.2 Å². The van der Waals surface area contributed by atoms with E-state index in [1.54, 1.807) is 0 Å². The minimum Gasteiger partial charge on any atom is -0.344 e. The van der Waals surface area contributed by atoms with Crippen LogP contribution in [0.2, 0.25) is 0 Å². The van der Waals surface area contributed by atoms with E-state index in [1.807, 2.05) is 37.4 Å². The molecule has 2 aromatic heterocycles. The highest BCUT2D eigenvalue weighted by molar-refractivity contribution is 5.81. The minimum atomic E-state index is 0. The Bertz CT molecular complexity index is 720. The van der Waals surface area contributed by atoms with E-state index < -0.39 is 0 Å². The predicted molar refractivity (Wildman–Crippen MR) is 79.5 cm³/mol. The van der Waals surface area contributed by atoms with Crippen LogP contribution >= 0.6 is 0 Å². The molecule has 0 bridgehead atoms. The molecule has 0 amide bonds. The molecular formula is C16H17N3. The zero-order valence-electron chi connectivity index (χ0n) is 11.2. The second kappa shape index (κ2) is 5.16. The van der Waals surface area contributed by atoms with E-state index in [1.165, 1.54) is 5.56 Å². The highest BCUT2D eigenvalue weighted by Crippen LogP contribution is 2.21. The summed E-state index contributed by atoms with van der Waals surface area (Å²) in [7, 11) is 0. The summed E-state index contributed by atoms with van der Waals surface area (Å²) in [5.74, 6) is 0. The smallest absolute Gasteiger partial charge is 0.0725 e. The van der Waals surface area contributed by atoms with Gasteiger partial charge in [0.05, 0.1) is 11.2 Å². The number of pyridine rings is 2. The molecule has 19 heavy (non-hydrogen) atoms. The van der Waals surface area contributed by atoms with Gasteiger partial charge in [-0.1, -0.05) is 24.3 Å². The van der Waals surface area contributed by atoms with Gasteiger partial charge in [-0.15, -0.1) is 0 Å². The van der Waals surface area contributed by atoms with Crippen molar-refractivity contribution >= 4 is 10.9 Å². The van der Waals surface area contributed by atoms with Gasteiger partial charge in [0.1, 0.15) is 0 Å². The van der Waals surface area contributed by atoms with Gasteiger partial charge in [-0.05, 0) is 37.6 Å². The number of hydrogen-bond donors (Lipinski definition) is 1. The fraction of sp³-hybridized carbons (Fsp3) is 0.125. The maximum atomic E-state index is 4.68. The fourth-order valence-corrected chi connectivity index (χ4v) is 2.01. The molecule has 0 aliphatic carbocycles. The van der Waals surface area contributed by atoms with Crippen LogP contribution in [0.5, 0.6) is 0 Å². The van der Waals surface area contributed by atoms with Gasteiger partial charge < -0.3 is 6.15 Å². The summed E-state index contributed by atoms with van der Waals surface area (Å²) in [4.78, 5) is 9.07. The second-order valence-electron chi connectivity index (χ2n) is 4.52. The topological polar surface area (TPSA) is 60.8 Å². The summed E-state index contributed by atoms with van der Waals surface area (Å²) in [5, 5.41) is 1.16. The molecule has 3 nitrogen and oxygen atoms in total. The Morgan fingerprint density at radius 2 is 1.74 bits per heavy atom. The maximum Gasteiger partial charge on any atom is 0.0725 e. The summed E-state index contributed by atoms with van der Waals surface area (Å²) < 4.78 is 0. The number of hydrogen-bond acceptors (Lipinski definition) is 3. The molecule has 0 aliphatic rings. The Morgan fingerprint density at radius 3 is 2.53 bits per heavy atom. The lowest BCUT2D eigenvalue weighted by Crippen LogP contribution is -1.90. The van der Waals surface area contributed by atoms with Crippen LogP contribution in [0.4, 0.5) is 0 Å². The van der Waals surface area contributed by atoms with E-state index in [2.05, 4.69) is 35.1 Å². The third-order valence-corrected chi connectivity index (χ3v) is 3.23. The Labute approximate surface area is 112 Å². The molecule has 0 fully saturated rings. The number of benzene rings is 1. The van der Waals surface area contributed by atoms with E-state index in [9.17, 15) is 0 Å². The van der Waals surface area contributed by atoms with Gasteiger partial charge in [0, 0.05) is 22.8 Å². The van der Waals surface area contributed by atoms with E-state index in [-0.39, 0.29) is 6.15 Å². The summed E-state index contributed by atoms with van der Waals surface area (Å²) in [5.41, 5.74) is 5.34. The van der Waals surface area contributed by atoms with E-state index in [0.29, 0.717) is 0 Å². The lowest BCUT2D eigenvalue weighted by Gasteiger charge is -2.05. The first kappa shape index (κ1) is 13.2. The Hall–Kier alpha value is -2.26. The molecule has 0 radical (unpaired) electrons. The first-order valence-corrected chi connectivity index (χ1v) is 6.03. The summed E-state index contributed by atoms with van der Waals surface area (Å²) in [6.07, 6.45) is 1.89. The van der Waals surface area contributed by atoms with Crippen molar-refractivity contribution in [1.29, 1.82) is 0 Å². The molecule has 0 saturated carbocycles. The normalized spacial score (nSPS) is 10.2. The van der Waals surface area contributed by atoms with Crippen molar-refractivity contribution in [2.75, 3.05) is 0 Å². The summed E-state index contributed by atoms with van der Waals surface area (Å²) in [6, 6.07) is 14.4. The van der Waals surface area contributed by atoms with E-state index in [4.69, 9.17) is 0 Å². The van der Waals surface area contributed by atoms with E-state index in [0.717, 1.165) is 27.9 Å². The van der Waals surface area contributed by atoms with Crippen LogP contribution in [0, 0.1) is 13.8 Å². The molecule has 3 N–H and O–H groups in total. The monoisotopic (exact) mass is 251 g/mol. The van der Waals surface area contributed by atoms with Crippen molar-refractivity contribution in [3.8, 4) is 11.3 Å². The Balaban J connectivity index is 0.00000133. The number of nitrogens with zero attached hydrogens (tertiary/aromatic N) is 2. The lowest BCUT2D eigenvalue weighted by atomic mass is 10.1. The van der Waals surface area contributed by atoms with Crippen LogP contribution in [0.15, 0.2) is 48.7 Å². The quantitative estimate of drug-likeness (QED) is 0.709. The molecule has 1 aromatic carbocycles. The van der Waals surface area contributed by atoms with Crippen molar-refractivity contribution in [2.24, 2.45) is 0 Å². The first-order chi connectivity index (χ1) is 8.74. The van der Waals surface area contributed by atoms with Crippen LogP contribution < -0.4 is 6.15 Å². The van der Waals surface area contributed by atoms with Gasteiger partial charge in [0.25, 0.3) is 0 Å². The van der Waals surface area contributed by atoms with Gasteiger partial charge in [-0.2, -0.15) is 0 Å². The van der Waals surface area contributed by atoms with Gasteiger partial charge in [-0.3, -0.25) is 4.98 Å². The predicted octanol–water partition coefficient (Wildman–Crippen LogP) is 4.08. The molecule has 3 rings (SSSR count). The van der Waals surface area contributed by atoms with Gasteiger partial charge >= 0.3 is 0 Å². The second-order valence-corrected chi connectivity index (χ2v) is 4.52. The third kappa shape index (κ3) is 2.46. The summed E-state index contributed by atoms with van der Waals surface area (Å²) >= 11 is 0. The van der Waals surface area contributed by atoms with Gasteiger partial charge in [-0.25, -0.2) is 4.98 Å². The average Bonchev–Trinajstić information content (AvgIpc) is 2.41. The standard InChI is InChI=1S/C16H14N2.H3N/c1-11-9-14(10-17-12(11)2)16-8-7-13-5-3-4-6-15(13)18-16;/h3-10H,1-2H3;1H3. The molecular weight excluding hydrogens is 234 g/mol. The SMILES string of the molecule is Cc1cc(-c2ccc3ccccc3n2)cnc1C.N. The van der Waals surface area contributed by atoms with Crippen molar-refractivity contribution < 1.29 is 0 Å². The van der Waals surface area contributed by atoms with E-state index >= 15 is 0 Å². The molecule has 3 heteroatoms. The van der Waals surface area contributed by atoms with Crippen LogP contribution in [-0.2, 0) is 0 Å². The molecule has 0 unspecified atom stereocenters. The van der Waals surface area contributed by atoms with Crippen molar-refractivity contribution in [1.82, 2.24) is 16.1 Å². The number of para-hydroxylation sites is 1. The van der Waals surface area contributed by atoms with Crippen molar-refractivity contribution in [3.63, 3.8) is 0 Å². The van der Waals surface area contributed by atoms with Crippen LogP contribution in [-0.4, -0.2) is 9.97 Å². The number of rotatable bonds is 1. The molecule has 96 valence electrons. The number of aromatic nitrogens is 2. The number of fused-ring (bicyclic) bond motifs is 1. The fourth-order valence-electron chi connectivity index (χ4n) is 2.01. The lowest BCUT2D eigenvalue weighted by molar-refractivity contribution is 1.15. The Kier molecular flexibility index (Phi) is 3.58. The largest absolute Gasteiger partial charge is 0.344 e. The number of aryl methyl sites for hydroxylation is 2.